The molecule has 0 amide bonds. The van der Waals surface area contributed by atoms with Crippen molar-refractivity contribution in [2.45, 2.75) is 26.2 Å². The lowest BCUT2D eigenvalue weighted by atomic mass is 10.1. The molecule has 2 rings (SSSR count). The molecule has 0 aliphatic rings. The van der Waals surface area contributed by atoms with Crippen LogP contribution >= 0.6 is 0 Å². The molecule has 2 aromatic rings. The third-order valence-electron chi connectivity index (χ3n) is 3.59. The number of hydrogen-bond acceptors (Lipinski definition) is 1. The minimum Gasteiger partial charge on any atom is -0.361 e. The van der Waals surface area contributed by atoms with Gasteiger partial charge in [0.2, 0.25) is 0 Å². The summed E-state index contributed by atoms with van der Waals surface area (Å²) >= 11 is 0. The molecule has 1 heterocycles. The van der Waals surface area contributed by atoms with Gasteiger partial charge in [-0.25, -0.2) is 0 Å². The summed E-state index contributed by atoms with van der Waals surface area (Å²) in [5.74, 6) is 0. The van der Waals surface area contributed by atoms with Crippen LogP contribution in [0.4, 0.5) is 0 Å². The maximum absolute atomic E-state index is 3.86. The second-order valence-electron chi connectivity index (χ2n) is 5.05. The van der Waals surface area contributed by atoms with Crippen molar-refractivity contribution in [1.82, 2.24) is 9.88 Å². The minimum atomic E-state index is 0.988. The van der Waals surface area contributed by atoms with E-state index in [2.05, 4.69) is 53.8 Å². The first kappa shape index (κ1) is 13.9. The largest absolute Gasteiger partial charge is 0.361 e. The average Bonchev–Trinajstić information content (AvgIpc) is 2.85. The summed E-state index contributed by atoms with van der Waals surface area (Å²) in [6.45, 7) is 9.36. The highest BCUT2D eigenvalue weighted by Crippen LogP contribution is 2.18. The molecule has 0 saturated carbocycles. The van der Waals surface area contributed by atoms with E-state index in [1.807, 2.05) is 6.08 Å². The summed E-state index contributed by atoms with van der Waals surface area (Å²) in [5.41, 5.74) is 2.66. The van der Waals surface area contributed by atoms with Gasteiger partial charge in [-0.15, -0.1) is 6.58 Å². The van der Waals surface area contributed by atoms with Gasteiger partial charge in [-0.05, 0) is 31.0 Å². The number of aromatic amines is 1. The smallest absolute Gasteiger partial charge is 0.0456 e. The Morgan fingerprint density at radius 1 is 1.26 bits per heavy atom. The van der Waals surface area contributed by atoms with E-state index in [1.54, 1.807) is 0 Å². The van der Waals surface area contributed by atoms with Crippen molar-refractivity contribution in [2.75, 3.05) is 19.6 Å². The molecular formula is C17H24N2. The quantitative estimate of drug-likeness (QED) is 0.707. The third-order valence-corrected chi connectivity index (χ3v) is 3.59. The van der Waals surface area contributed by atoms with Crippen LogP contribution < -0.4 is 0 Å². The summed E-state index contributed by atoms with van der Waals surface area (Å²) < 4.78 is 0. The summed E-state index contributed by atoms with van der Waals surface area (Å²) in [6.07, 6.45) is 7.77. The molecule has 1 aromatic carbocycles. The van der Waals surface area contributed by atoms with Gasteiger partial charge in [-0.3, -0.25) is 4.90 Å². The highest BCUT2D eigenvalue weighted by Gasteiger charge is 2.06. The van der Waals surface area contributed by atoms with E-state index in [1.165, 1.54) is 35.9 Å². The Balaban J connectivity index is 1.97. The van der Waals surface area contributed by atoms with Crippen LogP contribution in [0, 0.1) is 0 Å². The SMILES string of the molecule is C=CCN(CCCC)CCc1c[nH]c2ccccc12. The van der Waals surface area contributed by atoms with E-state index in [4.69, 9.17) is 0 Å². The number of nitrogens with zero attached hydrogens (tertiary/aromatic N) is 1. The maximum atomic E-state index is 3.86. The Morgan fingerprint density at radius 3 is 2.89 bits per heavy atom. The van der Waals surface area contributed by atoms with Gasteiger partial charge in [-0.1, -0.05) is 37.6 Å². The zero-order chi connectivity index (χ0) is 13.5. The standard InChI is InChI=1S/C17H24N2/c1-3-5-12-19(11-4-2)13-10-15-14-18-17-9-7-6-8-16(15)17/h4,6-9,14,18H,2-3,5,10-13H2,1H3. The Labute approximate surface area is 116 Å². The highest BCUT2D eigenvalue weighted by molar-refractivity contribution is 5.83. The summed E-state index contributed by atoms with van der Waals surface area (Å²) in [4.78, 5) is 5.83. The Morgan fingerprint density at radius 2 is 2.11 bits per heavy atom. The molecule has 0 aliphatic carbocycles. The van der Waals surface area contributed by atoms with Gasteiger partial charge in [0.25, 0.3) is 0 Å². The number of fused-ring (bicyclic) bond motifs is 1. The molecule has 0 atom stereocenters. The monoisotopic (exact) mass is 256 g/mol. The second kappa shape index (κ2) is 7.15. The minimum absolute atomic E-state index is 0.988. The maximum Gasteiger partial charge on any atom is 0.0456 e. The molecule has 0 aliphatic heterocycles. The first-order valence-corrected chi connectivity index (χ1v) is 7.23. The van der Waals surface area contributed by atoms with Crippen molar-refractivity contribution < 1.29 is 0 Å². The molecule has 2 heteroatoms. The van der Waals surface area contributed by atoms with Crippen LogP contribution in [0.2, 0.25) is 0 Å². The van der Waals surface area contributed by atoms with Crippen LogP contribution in [-0.2, 0) is 6.42 Å². The summed E-state index contributed by atoms with van der Waals surface area (Å²) in [6, 6.07) is 8.52. The lowest BCUT2D eigenvalue weighted by molar-refractivity contribution is 0.301. The fourth-order valence-corrected chi connectivity index (χ4v) is 2.48. The number of unbranched alkanes of at least 4 members (excludes halogenated alkanes) is 1. The number of rotatable bonds is 8. The predicted molar refractivity (Wildman–Crippen MR) is 83.5 cm³/mol. The van der Waals surface area contributed by atoms with Crippen LogP contribution in [0.3, 0.4) is 0 Å². The van der Waals surface area contributed by atoms with Crippen molar-refractivity contribution in [3.05, 3.63) is 48.7 Å². The lowest BCUT2D eigenvalue weighted by Gasteiger charge is -2.20. The molecule has 0 bridgehead atoms. The zero-order valence-corrected chi connectivity index (χ0v) is 11.9. The van der Waals surface area contributed by atoms with Gasteiger partial charge in [0.05, 0.1) is 0 Å². The fraction of sp³-hybridized carbons (Fsp3) is 0.412. The van der Waals surface area contributed by atoms with Crippen molar-refractivity contribution in [2.24, 2.45) is 0 Å². The molecule has 0 spiro atoms. The molecule has 102 valence electrons. The van der Waals surface area contributed by atoms with E-state index in [0.717, 1.165) is 19.5 Å². The second-order valence-corrected chi connectivity index (χ2v) is 5.05. The van der Waals surface area contributed by atoms with E-state index in [9.17, 15) is 0 Å². The van der Waals surface area contributed by atoms with E-state index in [0.29, 0.717) is 0 Å². The van der Waals surface area contributed by atoms with Crippen LogP contribution in [0.5, 0.6) is 0 Å². The molecular weight excluding hydrogens is 232 g/mol. The molecule has 0 radical (unpaired) electrons. The van der Waals surface area contributed by atoms with Gasteiger partial charge in [0.15, 0.2) is 0 Å². The van der Waals surface area contributed by atoms with Gasteiger partial charge >= 0.3 is 0 Å². The van der Waals surface area contributed by atoms with Gasteiger partial charge < -0.3 is 4.98 Å². The number of para-hydroxylation sites is 1. The Bertz CT molecular complexity index is 513. The van der Waals surface area contributed by atoms with Crippen molar-refractivity contribution in [1.29, 1.82) is 0 Å². The third kappa shape index (κ3) is 3.71. The lowest BCUT2D eigenvalue weighted by Crippen LogP contribution is -2.27. The molecule has 0 saturated heterocycles. The number of aromatic nitrogens is 1. The highest BCUT2D eigenvalue weighted by atomic mass is 15.1. The number of H-pyrrole nitrogens is 1. The molecule has 1 N–H and O–H groups in total. The Hall–Kier alpha value is -1.54. The number of benzene rings is 1. The number of nitrogens with one attached hydrogen (secondary N) is 1. The van der Waals surface area contributed by atoms with Crippen LogP contribution in [0.1, 0.15) is 25.3 Å². The van der Waals surface area contributed by atoms with E-state index >= 15 is 0 Å². The van der Waals surface area contributed by atoms with Gasteiger partial charge in [0, 0.05) is 30.2 Å². The van der Waals surface area contributed by atoms with Crippen LogP contribution in [0.25, 0.3) is 10.9 Å². The summed E-state index contributed by atoms with van der Waals surface area (Å²) in [7, 11) is 0. The van der Waals surface area contributed by atoms with Crippen molar-refractivity contribution in [3.63, 3.8) is 0 Å². The normalized spacial score (nSPS) is 11.3. The van der Waals surface area contributed by atoms with Gasteiger partial charge in [0.1, 0.15) is 0 Å². The molecule has 1 aromatic heterocycles. The van der Waals surface area contributed by atoms with Crippen LogP contribution in [0.15, 0.2) is 43.1 Å². The van der Waals surface area contributed by atoms with Crippen LogP contribution in [-0.4, -0.2) is 29.5 Å². The van der Waals surface area contributed by atoms with Crippen molar-refractivity contribution in [3.8, 4) is 0 Å². The first-order chi connectivity index (χ1) is 9.35. The van der Waals surface area contributed by atoms with E-state index in [-0.39, 0.29) is 0 Å². The predicted octanol–water partition coefficient (Wildman–Crippen LogP) is 4.00. The first-order valence-electron chi connectivity index (χ1n) is 7.23. The Kier molecular flexibility index (Phi) is 5.22. The summed E-state index contributed by atoms with van der Waals surface area (Å²) in [5, 5.41) is 1.36. The van der Waals surface area contributed by atoms with Gasteiger partial charge in [-0.2, -0.15) is 0 Å². The van der Waals surface area contributed by atoms with E-state index < -0.39 is 0 Å². The van der Waals surface area contributed by atoms with Crippen molar-refractivity contribution >= 4 is 10.9 Å². The number of hydrogen-bond donors (Lipinski definition) is 1. The zero-order valence-electron chi connectivity index (χ0n) is 11.9. The molecule has 19 heavy (non-hydrogen) atoms. The average molecular weight is 256 g/mol. The fourth-order valence-electron chi connectivity index (χ4n) is 2.48. The molecule has 0 fully saturated rings. The topological polar surface area (TPSA) is 19.0 Å². The molecule has 2 nitrogen and oxygen atoms in total. The molecule has 0 unspecified atom stereocenters.